The Bertz CT molecular complexity index is 747. The summed E-state index contributed by atoms with van der Waals surface area (Å²) in [7, 11) is 0. The zero-order valence-electron chi connectivity index (χ0n) is 17.4. The van der Waals surface area contributed by atoms with E-state index in [0.29, 0.717) is 12.0 Å². The lowest BCUT2D eigenvalue weighted by Crippen LogP contribution is -2.47. The fourth-order valence-corrected chi connectivity index (χ4v) is 5.05. The average molecular weight is 391 g/mol. The monoisotopic (exact) mass is 390 g/mol. The Kier molecular flexibility index (Phi) is 7.00. The van der Waals surface area contributed by atoms with E-state index in [9.17, 15) is 4.79 Å². The highest BCUT2D eigenvalue weighted by Crippen LogP contribution is 2.29. The lowest BCUT2D eigenvalue weighted by Gasteiger charge is -2.38. The Morgan fingerprint density at radius 1 is 0.862 bits per heavy atom. The highest BCUT2D eigenvalue weighted by Gasteiger charge is 2.32. The Balaban J connectivity index is 1.41. The second-order valence-corrected chi connectivity index (χ2v) is 8.83. The first-order chi connectivity index (χ1) is 14.3. The third kappa shape index (κ3) is 5.48. The van der Waals surface area contributed by atoms with Crippen molar-refractivity contribution in [1.82, 2.24) is 10.2 Å². The molecule has 0 radical (unpaired) electrons. The van der Waals surface area contributed by atoms with Crippen molar-refractivity contribution in [2.24, 2.45) is 5.92 Å². The van der Waals surface area contributed by atoms with E-state index in [2.05, 4.69) is 64.8 Å². The van der Waals surface area contributed by atoms with Crippen LogP contribution in [0.2, 0.25) is 0 Å². The van der Waals surface area contributed by atoms with Gasteiger partial charge in [-0.1, -0.05) is 79.9 Å². The van der Waals surface area contributed by atoms with Crippen molar-refractivity contribution >= 4 is 5.91 Å². The lowest BCUT2D eigenvalue weighted by atomic mass is 9.88. The Hall–Kier alpha value is -2.13. The van der Waals surface area contributed by atoms with E-state index < -0.39 is 0 Å². The largest absolute Gasteiger partial charge is 0.352 e. The van der Waals surface area contributed by atoms with Gasteiger partial charge in [-0.3, -0.25) is 9.69 Å². The number of amides is 1. The number of carbonyl (C=O) groups is 1. The molecule has 1 N–H and O–H groups in total. The standard InChI is InChI=1S/C26H34N2O/c29-26(27-24-14-8-3-9-15-24)25(23-12-6-2-7-13-23)28-18-16-22(17-19-28)20-21-10-4-1-5-11-21/h1-2,4-7,10-13,22,24-25H,3,8-9,14-20H2,(H,27,29)/t25-/m0/s1. The van der Waals surface area contributed by atoms with Crippen LogP contribution in [0.1, 0.15) is 62.1 Å². The summed E-state index contributed by atoms with van der Waals surface area (Å²) in [4.78, 5) is 15.7. The van der Waals surface area contributed by atoms with Crippen molar-refractivity contribution in [1.29, 1.82) is 0 Å². The molecular formula is C26H34N2O. The average Bonchev–Trinajstić information content (AvgIpc) is 2.77. The van der Waals surface area contributed by atoms with Crippen LogP contribution in [-0.2, 0) is 11.2 Å². The van der Waals surface area contributed by atoms with Crippen molar-refractivity contribution in [2.75, 3.05) is 13.1 Å². The maximum atomic E-state index is 13.3. The maximum absolute atomic E-state index is 13.3. The van der Waals surface area contributed by atoms with E-state index in [1.165, 1.54) is 24.8 Å². The van der Waals surface area contributed by atoms with Crippen molar-refractivity contribution in [3.8, 4) is 0 Å². The van der Waals surface area contributed by atoms with Gasteiger partial charge in [0.1, 0.15) is 6.04 Å². The molecule has 154 valence electrons. The molecule has 1 heterocycles. The molecule has 1 saturated heterocycles. The zero-order chi connectivity index (χ0) is 19.9. The number of nitrogens with one attached hydrogen (secondary N) is 1. The van der Waals surface area contributed by atoms with Crippen LogP contribution >= 0.6 is 0 Å². The molecule has 1 aliphatic heterocycles. The number of carbonyl (C=O) groups excluding carboxylic acids is 1. The maximum Gasteiger partial charge on any atom is 0.242 e. The van der Waals surface area contributed by atoms with Gasteiger partial charge in [-0.25, -0.2) is 0 Å². The molecular weight excluding hydrogens is 356 g/mol. The fraction of sp³-hybridized carbons (Fsp3) is 0.500. The number of nitrogens with zero attached hydrogens (tertiary/aromatic N) is 1. The van der Waals surface area contributed by atoms with Crippen molar-refractivity contribution < 1.29 is 4.79 Å². The van der Waals surface area contributed by atoms with Crippen LogP contribution in [-0.4, -0.2) is 29.9 Å². The molecule has 1 aliphatic carbocycles. The normalized spacial score (nSPS) is 20.3. The Morgan fingerprint density at radius 2 is 1.48 bits per heavy atom. The molecule has 2 aromatic carbocycles. The minimum absolute atomic E-state index is 0.157. The highest BCUT2D eigenvalue weighted by molar-refractivity contribution is 5.83. The van der Waals surface area contributed by atoms with Crippen molar-refractivity contribution in [3.05, 3.63) is 71.8 Å². The molecule has 0 aromatic heterocycles. The Labute approximate surface area is 175 Å². The minimum atomic E-state index is -0.157. The molecule has 29 heavy (non-hydrogen) atoms. The summed E-state index contributed by atoms with van der Waals surface area (Å²) >= 11 is 0. The van der Waals surface area contributed by atoms with Gasteiger partial charge in [0.05, 0.1) is 0 Å². The van der Waals surface area contributed by atoms with Gasteiger partial charge in [0, 0.05) is 6.04 Å². The van der Waals surface area contributed by atoms with Crippen molar-refractivity contribution in [3.63, 3.8) is 0 Å². The second kappa shape index (κ2) is 10.1. The molecule has 2 aliphatic rings. The predicted octanol–water partition coefficient (Wildman–Crippen LogP) is 5.13. The van der Waals surface area contributed by atoms with Crippen LogP contribution in [0.4, 0.5) is 0 Å². The first-order valence-electron chi connectivity index (χ1n) is 11.4. The summed E-state index contributed by atoms with van der Waals surface area (Å²) in [5, 5.41) is 3.39. The summed E-state index contributed by atoms with van der Waals surface area (Å²) in [5.74, 6) is 0.913. The highest BCUT2D eigenvalue weighted by atomic mass is 16.2. The number of benzene rings is 2. The molecule has 1 saturated carbocycles. The second-order valence-electron chi connectivity index (χ2n) is 8.83. The van der Waals surface area contributed by atoms with Gasteiger partial charge < -0.3 is 5.32 Å². The number of piperidine rings is 1. The molecule has 3 nitrogen and oxygen atoms in total. The first-order valence-corrected chi connectivity index (χ1v) is 11.4. The topological polar surface area (TPSA) is 32.3 Å². The molecule has 1 atom stereocenters. The summed E-state index contributed by atoms with van der Waals surface area (Å²) in [6.07, 6.45) is 9.53. The van der Waals surface area contributed by atoms with E-state index >= 15 is 0 Å². The molecule has 2 aromatic rings. The zero-order valence-corrected chi connectivity index (χ0v) is 17.4. The third-order valence-electron chi connectivity index (χ3n) is 6.70. The molecule has 0 bridgehead atoms. The fourth-order valence-electron chi connectivity index (χ4n) is 5.05. The van der Waals surface area contributed by atoms with Crippen LogP contribution in [0.3, 0.4) is 0 Å². The molecule has 2 fully saturated rings. The van der Waals surface area contributed by atoms with Crippen LogP contribution < -0.4 is 5.32 Å². The Morgan fingerprint density at radius 3 is 2.14 bits per heavy atom. The summed E-state index contributed by atoms with van der Waals surface area (Å²) in [6, 6.07) is 21.4. The lowest BCUT2D eigenvalue weighted by molar-refractivity contribution is -0.128. The molecule has 3 heteroatoms. The van der Waals surface area contributed by atoms with Crippen LogP contribution in [0.15, 0.2) is 60.7 Å². The predicted molar refractivity (Wildman–Crippen MR) is 119 cm³/mol. The molecule has 0 spiro atoms. The summed E-state index contributed by atoms with van der Waals surface area (Å²) in [5.41, 5.74) is 2.56. The van der Waals surface area contributed by atoms with E-state index in [4.69, 9.17) is 0 Å². The number of hydrogen-bond acceptors (Lipinski definition) is 2. The summed E-state index contributed by atoms with van der Waals surface area (Å²) < 4.78 is 0. The molecule has 0 unspecified atom stereocenters. The quantitative estimate of drug-likeness (QED) is 0.741. The first kappa shape index (κ1) is 20.2. The van der Waals surface area contributed by atoms with E-state index in [-0.39, 0.29) is 11.9 Å². The van der Waals surface area contributed by atoms with Gasteiger partial charge >= 0.3 is 0 Å². The SMILES string of the molecule is O=C(NC1CCCCC1)[C@H](c1ccccc1)N1CCC(Cc2ccccc2)CC1. The molecule has 4 rings (SSSR count). The van der Waals surface area contributed by atoms with E-state index in [0.717, 1.165) is 50.8 Å². The van der Waals surface area contributed by atoms with Gasteiger partial charge in [-0.2, -0.15) is 0 Å². The van der Waals surface area contributed by atoms with Gasteiger partial charge in [0.15, 0.2) is 0 Å². The van der Waals surface area contributed by atoms with Crippen LogP contribution in [0, 0.1) is 5.92 Å². The van der Waals surface area contributed by atoms with Crippen LogP contribution in [0.5, 0.6) is 0 Å². The van der Waals surface area contributed by atoms with Gasteiger partial charge in [-0.05, 0) is 62.2 Å². The number of hydrogen-bond donors (Lipinski definition) is 1. The number of rotatable bonds is 6. The number of likely N-dealkylation sites (tertiary alicyclic amines) is 1. The smallest absolute Gasteiger partial charge is 0.242 e. The molecule has 1 amide bonds. The van der Waals surface area contributed by atoms with E-state index in [1.807, 2.05) is 6.07 Å². The van der Waals surface area contributed by atoms with Gasteiger partial charge in [-0.15, -0.1) is 0 Å². The minimum Gasteiger partial charge on any atom is -0.352 e. The van der Waals surface area contributed by atoms with Crippen molar-refractivity contribution in [2.45, 2.75) is 63.5 Å². The van der Waals surface area contributed by atoms with E-state index in [1.54, 1.807) is 0 Å². The van der Waals surface area contributed by atoms with Gasteiger partial charge in [0.2, 0.25) is 5.91 Å². The van der Waals surface area contributed by atoms with Crippen LogP contribution in [0.25, 0.3) is 0 Å². The summed E-state index contributed by atoms with van der Waals surface area (Å²) in [6.45, 7) is 1.99. The third-order valence-corrected chi connectivity index (χ3v) is 6.70. The van der Waals surface area contributed by atoms with Gasteiger partial charge in [0.25, 0.3) is 0 Å².